The van der Waals surface area contributed by atoms with Gasteiger partial charge in [-0.15, -0.1) is 10.2 Å². The summed E-state index contributed by atoms with van der Waals surface area (Å²) in [5, 5.41) is 20.4. The van der Waals surface area contributed by atoms with Crippen LogP contribution in [0.4, 0.5) is 5.95 Å². The van der Waals surface area contributed by atoms with E-state index in [0.29, 0.717) is 5.75 Å². The van der Waals surface area contributed by atoms with Gasteiger partial charge in [0.15, 0.2) is 5.16 Å². The van der Waals surface area contributed by atoms with Crippen LogP contribution in [0.2, 0.25) is 0 Å². The first-order valence-corrected chi connectivity index (χ1v) is 11.0. The van der Waals surface area contributed by atoms with E-state index < -0.39 is 6.10 Å². The Labute approximate surface area is 164 Å². The second kappa shape index (κ2) is 9.08. The zero-order chi connectivity index (χ0) is 18.5. The van der Waals surface area contributed by atoms with Crippen LogP contribution < -0.4 is 4.90 Å². The van der Waals surface area contributed by atoms with Crippen LogP contribution in [0, 0.1) is 0 Å². The zero-order valence-corrected chi connectivity index (χ0v) is 16.5. The molecular formula is C20H28N4O2S. The topological polar surface area (TPSA) is 63.4 Å². The smallest absolute Gasteiger partial charge is 0.228 e. The average molecular weight is 389 g/mol. The van der Waals surface area contributed by atoms with Crippen molar-refractivity contribution >= 4 is 17.7 Å². The summed E-state index contributed by atoms with van der Waals surface area (Å²) in [4.78, 5) is 2.35. The highest BCUT2D eigenvalue weighted by Gasteiger charge is 2.25. The summed E-state index contributed by atoms with van der Waals surface area (Å²) in [5.74, 6) is 1.52. The van der Waals surface area contributed by atoms with Crippen LogP contribution in [0.15, 0.2) is 35.5 Å². The van der Waals surface area contributed by atoms with Crippen molar-refractivity contribution in [2.45, 2.75) is 56.0 Å². The van der Waals surface area contributed by atoms with Gasteiger partial charge in [0.2, 0.25) is 5.95 Å². The molecule has 2 aliphatic rings. The van der Waals surface area contributed by atoms with Crippen molar-refractivity contribution in [3.05, 3.63) is 35.9 Å². The Morgan fingerprint density at radius 3 is 2.67 bits per heavy atom. The Morgan fingerprint density at radius 2 is 1.93 bits per heavy atom. The first kappa shape index (κ1) is 18.8. The van der Waals surface area contributed by atoms with Gasteiger partial charge in [-0.2, -0.15) is 0 Å². The van der Waals surface area contributed by atoms with Crippen molar-refractivity contribution in [1.82, 2.24) is 14.8 Å². The third-order valence-corrected chi connectivity index (χ3v) is 6.34. The number of benzene rings is 1. The lowest BCUT2D eigenvalue weighted by atomic mass is 10.1. The summed E-state index contributed by atoms with van der Waals surface area (Å²) < 4.78 is 8.08. The van der Waals surface area contributed by atoms with Crippen molar-refractivity contribution in [2.75, 3.05) is 30.3 Å². The van der Waals surface area contributed by atoms with E-state index in [1.54, 1.807) is 11.8 Å². The number of piperidine rings is 1. The summed E-state index contributed by atoms with van der Waals surface area (Å²) >= 11 is 1.58. The Balaban J connectivity index is 1.49. The molecule has 0 radical (unpaired) electrons. The van der Waals surface area contributed by atoms with Crippen LogP contribution in [0.25, 0.3) is 0 Å². The van der Waals surface area contributed by atoms with Crippen LogP contribution in [-0.2, 0) is 11.3 Å². The third-order valence-electron chi connectivity index (χ3n) is 5.30. The molecule has 2 saturated heterocycles. The van der Waals surface area contributed by atoms with E-state index in [0.717, 1.165) is 55.8 Å². The quantitative estimate of drug-likeness (QED) is 0.735. The molecule has 2 atom stereocenters. The van der Waals surface area contributed by atoms with Gasteiger partial charge in [0.25, 0.3) is 0 Å². The van der Waals surface area contributed by atoms with Crippen molar-refractivity contribution in [3.63, 3.8) is 0 Å². The fourth-order valence-corrected chi connectivity index (χ4v) is 4.70. The number of rotatable bonds is 7. The highest BCUT2D eigenvalue weighted by Crippen LogP contribution is 2.29. The summed E-state index contributed by atoms with van der Waals surface area (Å²) in [5.41, 5.74) is 0.937. The number of aliphatic hydroxyl groups is 1. The zero-order valence-electron chi connectivity index (χ0n) is 15.7. The first-order chi connectivity index (χ1) is 13.3. The maximum absolute atomic E-state index is 10.5. The van der Waals surface area contributed by atoms with Gasteiger partial charge in [-0.1, -0.05) is 42.1 Å². The molecule has 0 amide bonds. The molecule has 1 aromatic heterocycles. The number of hydrogen-bond donors (Lipinski definition) is 1. The Morgan fingerprint density at radius 1 is 1.11 bits per heavy atom. The molecule has 0 unspecified atom stereocenters. The number of thioether (sulfide) groups is 1. The molecule has 0 spiro atoms. The highest BCUT2D eigenvalue weighted by atomic mass is 32.2. The molecule has 3 heterocycles. The third kappa shape index (κ3) is 4.65. The molecular weight excluding hydrogens is 360 g/mol. The first-order valence-electron chi connectivity index (χ1n) is 9.97. The lowest BCUT2D eigenvalue weighted by molar-refractivity contribution is 0.0951. The van der Waals surface area contributed by atoms with Gasteiger partial charge in [0, 0.05) is 25.4 Å². The fourth-order valence-electron chi connectivity index (χ4n) is 3.79. The molecule has 7 heteroatoms. The second-order valence-electron chi connectivity index (χ2n) is 7.31. The molecule has 0 bridgehead atoms. The molecule has 2 aromatic rings. The standard InChI is InChI=1S/C20H28N4O2S/c25-18(16-8-3-1-4-9-16)15-27-20-22-21-19(23-11-5-2-6-12-23)24(20)14-17-10-7-13-26-17/h1,3-4,8-9,17-18,25H,2,5-7,10-15H2/t17-,18+/m1/s1. The van der Waals surface area contributed by atoms with Gasteiger partial charge in [-0.05, 0) is 37.7 Å². The number of hydrogen-bond acceptors (Lipinski definition) is 6. The Bertz CT molecular complexity index is 712. The fraction of sp³-hybridized carbons (Fsp3) is 0.600. The lowest BCUT2D eigenvalue weighted by Crippen LogP contribution is -2.33. The van der Waals surface area contributed by atoms with Crippen molar-refractivity contribution in [3.8, 4) is 0 Å². The predicted molar refractivity (Wildman–Crippen MR) is 107 cm³/mol. The van der Waals surface area contributed by atoms with Gasteiger partial charge in [0.05, 0.1) is 18.8 Å². The minimum absolute atomic E-state index is 0.239. The van der Waals surface area contributed by atoms with E-state index in [-0.39, 0.29) is 6.10 Å². The van der Waals surface area contributed by atoms with E-state index in [1.807, 2.05) is 30.3 Å². The molecule has 146 valence electrons. The lowest BCUT2D eigenvalue weighted by Gasteiger charge is -2.28. The SMILES string of the molecule is O[C@@H](CSc1nnc(N2CCCCC2)n1C[C@H]1CCCO1)c1ccccc1. The molecule has 0 saturated carbocycles. The number of nitrogens with zero attached hydrogens (tertiary/aromatic N) is 4. The van der Waals surface area contributed by atoms with Crippen LogP contribution in [-0.4, -0.2) is 51.4 Å². The minimum atomic E-state index is -0.512. The minimum Gasteiger partial charge on any atom is -0.388 e. The second-order valence-corrected chi connectivity index (χ2v) is 8.30. The number of ether oxygens (including phenoxy) is 1. The Kier molecular flexibility index (Phi) is 6.32. The van der Waals surface area contributed by atoms with Crippen molar-refractivity contribution < 1.29 is 9.84 Å². The average Bonchev–Trinajstić information content (AvgIpc) is 3.38. The van der Waals surface area contributed by atoms with E-state index in [2.05, 4.69) is 19.7 Å². The Hall–Kier alpha value is -1.57. The van der Waals surface area contributed by atoms with Crippen molar-refractivity contribution in [2.24, 2.45) is 0 Å². The maximum Gasteiger partial charge on any atom is 0.228 e. The number of aliphatic hydroxyl groups excluding tert-OH is 1. The monoisotopic (exact) mass is 388 g/mol. The molecule has 1 aromatic carbocycles. The molecule has 1 N–H and O–H groups in total. The van der Waals surface area contributed by atoms with E-state index in [1.165, 1.54) is 19.3 Å². The number of aromatic nitrogens is 3. The normalized spacial score (nSPS) is 21.5. The van der Waals surface area contributed by atoms with Crippen molar-refractivity contribution in [1.29, 1.82) is 0 Å². The number of anilines is 1. The van der Waals surface area contributed by atoms with Gasteiger partial charge < -0.3 is 14.7 Å². The predicted octanol–water partition coefficient (Wildman–Crippen LogP) is 3.27. The molecule has 2 aliphatic heterocycles. The molecule has 4 rings (SSSR count). The van der Waals surface area contributed by atoms with Gasteiger partial charge >= 0.3 is 0 Å². The van der Waals surface area contributed by atoms with Crippen LogP contribution in [0.3, 0.4) is 0 Å². The van der Waals surface area contributed by atoms with E-state index in [9.17, 15) is 5.11 Å². The van der Waals surface area contributed by atoms with Crippen LogP contribution in [0.1, 0.15) is 43.8 Å². The summed E-state index contributed by atoms with van der Waals surface area (Å²) in [7, 11) is 0. The van der Waals surface area contributed by atoms with Gasteiger partial charge in [-0.3, -0.25) is 4.57 Å². The van der Waals surface area contributed by atoms with E-state index >= 15 is 0 Å². The molecule has 6 nitrogen and oxygen atoms in total. The van der Waals surface area contributed by atoms with Crippen LogP contribution in [0.5, 0.6) is 0 Å². The molecule has 2 fully saturated rings. The largest absolute Gasteiger partial charge is 0.388 e. The maximum atomic E-state index is 10.5. The van der Waals surface area contributed by atoms with Crippen LogP contribution >= 0.6 is 11.8 Å². The molecule has 27 heavy (non-hydrogen) atoms. The summed E-state index contributed by atoms with van der Waals surface area (Å²) in [6.07, 6.45) is 5.66. The summed E-state index contributed by atoms with van der Waals surface area (Å²) in [6.45, 7) is 3.73. The summed E-state index contributed by atoms with van der Waals surface area (Å²) in [6, 6.07) is 9.80. The highest BCUT2D eigenvalue weighted by molar-refractivity contribution is 7.99. The van der Waals surface area contributed by atoms with Gasteiger partial charge in [0.1, 0.15) is 0 Å². The van der Waals surface area contributed by atoms with Gasteiger partial charge in [-0.25, -0.2) is 0 Å². The molecule has 0 aliphatic carbocycles. The van der Waals surface area contributed by atoms with E-state index in [4.69, 9.17) is 4.74 Å².